The van der Waals surface area contributed by atoms with Crippen LogP contribution >= 0.6 is 0 Å². The van der Waals surface area contributed by atoms with E-state index in [1.54, 1.807) is 0 Å². The number of nitrogens with two attached hydrogens (primary N) is 1. The highest BCUT2D eigenvalue weighted by molar-refractivity contribution is 5.65. The van der Waals surface area contributed by atoms with E-state index in [1.807, 2.05) is 20.8 Å². The fourth-order valence-corrected chi connectivity index (χ4v) is 2.59. The Hall–Kier alpha value is -0.770. The standard InChI is InChI=1S/C12H23NO3/c1-8(12(2,3)16-11(13)15)9-6-4-5-7-10(9)14/h8-10,14H,4-7H2,1-3H3,(H2,13,15). The summed E-state index contributed by atoms with van der Waals surface area (Å²) in [7, 11) is 0. The molecular weight excluding hydrogens is 206 g/mol. The first kappa shape index (κ1) is 13.3. The number of carbonyl (C=O) groups is 1. The van der Waals surface area contributed by atoms with Crippen LogP contribution in [0.1, 0.15) is 46.5 Å². The summed E-state index contributed by atoms with van der Waals surface area (Å²) < 4.78 is 5.13. The van der Waals surface area contributed by atoms with Gasteiger partial charge in [0, 0.05) is 5.92 Å². The lowest BCUT2D eigenvalue weighted by atomic mass is 9.72. The highest BCUT2D eigenvalue weighted by Crippen LogP contribution is 2.37. The fraction of sp³-hybridized carbons (Fsp3) is 0.917. The van der Waals surface area contributed by atoms with E-state index in [0.29, 0.717) is 0 Å². The number of aliphatic hydroxyl groups excluding tert-OH is 1. The predicted octanol–water partition coefficient (Wildman–Crippen LogP) is 2.05. The Kier molecular flexibility index (Phi) is 4.19. The Bertz CT molecular complexity index is 253. The van der Waals surface area contributed by atoms with Crippen molar-refractivity contribution < 1.29 is 14.6 Å². The predicted molar refractivity (Wildman–Crippen MR) is 61.9 cm³/mol. The number of hydrogen-bond donors (Lipinski definition) is 2. The van der Waals surface area contributed by atoms with Gasteiger partial charge in [0.15, 0.2) is 0 Å². The van der Waals surface area contributed by atoms with Gasteiger partial charge < -0.3 is 15.6 Å². The van der Waals surface area contributed by atoms with Crippen LogP contribution in [-0.4, -0.2) is 22.9 Å². The summed E-state index contributed by atoms with van der Waals surface area (Å²) >= 11 is 0. The number of amides is 1. The molecule has 1 aliphatic rings. The Morgan fingerprint density at radius 3 is 2.50 bits per heavy atom. The van der Waals surface area contributed by atoms with Crippen LogP contribution in [0.5, 0.6) is 0 Å². The van der Waals surface area contributed by atoms with Gasteiger partial charge in [-0.1, -0.05) is 19.8 Å². The fourth-order valence-electron chi connectivity index (χ4n) is 2.59. The van der Waals surface area contributed by atoms with E-state index in [-0.39, 0.29) is 17.9 Å². The molecule has 1 amide bonds. The quantitative estimate of drug-likeness (QED) is 0.778. The molecule has 16 heavy (non-hydrogen) atoms. The first-order valence-electron chi connectivity index (χ1n) is 6.01. The van der Waals surface area contributed by atoms with E-state index in [0.717, 1.165) is 25.7 Å². The SMILES string of the molecule is CC(C1CCCCC1O)C(C)(C)OC(N)=O. The Morgan fingerprint density at radius 2 is 2.00 bits per heavy atom. The summed E-state index contributed by atoms with van der Waals surface area (Å²) in [4.78, 5) is 10.8. The summed E-state index contributed by atoms with van der Waals surface area (Å²) in [5.41, 5.74) is 4.44. The Labute approximate surface area is 97.2 Å². The third kappa shape index (κ3) is 3.11. The molecule has 1 saturated carbocycles. The molecule has 94 valence electrons. The summed E-state index contributed by atoms with van der Waals surface area (Å²) in [6, 6.07) is 0. The lowest BCUT2D eigenvalue weighted by Gasteiger charge is -2.40. The number of hydrogen-bond acceptors (Lipinski definition) is 3. The van der Waals surface area contributed by atoms with Crippen LogP contribution in [0.15, 0.2) is 0 Å². The van der Waals surface area contributed by atoms with Crippen molar-refractivity contribution in [3.05, 3.63) is 0 Å². The molecule has 0 aromatic rings. The van der Waals surface area contributed by atoms with Gasteiger partial charge in [0.2, 0.25) is 0 Å². The van der Waals surface area contributed by atoms with Crippen molar-refractivity contribution in [1.29, 1.82) is 0 Å². The third-order valence-corrected chi connectivity index (χ3v) is 3.88. The number of carbonyl (C=O) groups excluding carboxylic acids is 1. The molecule has 0 radical (unpaired) electrons. The summed E-state index contributed by atoms with van der Waals surface area (Å²) in [5, 5.41) is 9.97. The van der Waals surface area contributed by atoms with Gasteiger partial charge in [-0.2, -0.15) is 0 Å². The van der Waals surface area contributed by atoms with Crippen molar-refractivity contribution in [2.75, 3.05) is 0 Å². The molecule has 0 aromatic heterocycles. The van der Waals surface area contributed by atoms with E-state index >= 15 is 0 Å². The number of primary amides is 1. The second kappa shape index (κ2) is 5.04. The van der Waals surface area contributed by atoms with Crippen LogP contribution in [0.2, 0.25) is 0 Å². The first-order valence-corrected chi connectivity index (χ1v) is 6.01. The second-order valence-electron chi connectivity index (χ2n) is 5.33. The highest BCUT2D eigenvalue weighted by Gasteiger charge is 2.39. The van der Waals surface area contributed by atoms with E-state index in [4.69, 9.17) is 10.5 Å². The minimum atomic E-state index is -0.748. The van der Waals surface area contributed by atoms with Crippen molar-refractivity contribution in [2.45, 2.75) is 58.2 Å². The molecule has 3 N–H and O–H groups in total. The molecule has 1 aliphatic carbocycles. The second-order valence-corrected chi connectivity index (χ2v) is 5.33. The van der Waals surface area contributed by atoms with Gasteiger partial charge in [-0.15, -0.1) is 0 Å². The lowest BCUT2D eigenvalue weighted by Crippen LogP contribution is -2.44. The maximum Gasteiger partial charge on any atom is 0.405 e. The highest BCUT2D eigenvalue weighted by atomic mass is 16.6. The molecule has 1 rings (SSSR count). The average Bonchev–Trinajstić information content (AvgIpc) is 2.15. The minimum Gasteiger partial charge on any atom is -0.443 e. The van der Waals surface area contributed by atoms with Crippen molar-refractivity contribution in [1.82, 2.24) is 0 Å². The van der Waals surface area contributed by atoms with Crippen LogP contribution < -0.4 is 5.73 Å². The molecule has 0 spiro atoms. The number of aliphatic hydroxyl groups is 1. The van der Waals surface area contributed by atoms with E-state index < -0.39 is 11.7 Å². The molecule has 0 aromatic carbocycles. The largest absolute Gasteiger partial charge is 0.443 e. The van der Waals surface area contributed by atoms with Crippen LogP contribution in [-0.2, 0) is 4.74 Å². The topological polar surface area (TPSA) is 72.6 Å². The maximum atomic E-state index is 10.8. The average molecular weight is 229 g/mol. The van der Waals surface area contributed by atoms with Crippen LogP contribution in [0, 0.1) is 11.8 Å². The van der Waals surface area contributed by atoms with Gasteiger partial charge in [-0.25, -0.2) is 4.79 Å². The van der Waals surface area contributed by atoms with E-state index in [1.165, 1.54) is 0 Å². The van der Waals surface area contributed by atoms with E-state index in [2.05, 4.69) is 0 Å². The number of rotatable bonds is 3. The molecule has 3 atom stereocenters. The zero-order chi connectivity index (χ0) is 12.3. The smallest absolute Gasteiger partial charge is 0.405 e. The van der Waals surface area contributed by atoms with Crippen LogP contribution in [0.3, 0.4) is 0 Å². The lowest BCUT2D eigenvalue weighted by molar-refractivity contribution is -0.0572. The molecule has 4 heteroatoms. The molecular formula is C12H23NO3. The minimum absolute atomic E-state index is 0.107. The van der Waals surface area contributed by atoms with Crippen molar-refractivity contribution in [3.63, 3.8) is 0 Å². The van der Waals surface area contributed by atoms with Gasteiger partial charge in [0.1, 0.15) is 5.60 Å². The van der Waals surface area contributed by atoms with Crippen LogP contribution in [0.25, 0.3) is 0 Å². The molecule has 1 fully saturated rings. The van der Waals surface area contributed by atoms with Crippen molar-refractivity contribution >= 4 is 6.09 Å². The molecule has 4 nitrogen and oxygen atoms in total. The monoisotopic (exact) mass is 229 g/mol. The first-order chi connectivity index (χ1) is 7.34. The summed E-state index contributed by atoms with van der Waals surface area (Å²) in [6.07, 6.45) is 3.04. The van der Waals surface area contributed by atoms with Gasteiger partial charge in [-0.05, 0) is 32.6 Å². The zero-order valence-corrected chi connectivity index (χ0v) is 10.4. The van der Waals surface area contributed by atoms with Gasteiger partial charge in [0.05, 0.1) is 6.10 Å². The molecule has 0 bridgehead atoms. The van der Waals surface area contributed by atoms with Crippen molar-refractivity contribution in [2.24, 2.45) is 17.6 Å². The molecule has 0 saturated heterocycles. The van der Waals surface area contributed by atoms with E-state index in [9.17, 15) is 9.90 Å². The Morgan fingerprint density at radius 1 is 1.44 bits per heavy atom. The normalized spacial score (nSPS) is 28.5. The maximum absolute atomic E-state index is 10.8. The van der Waals surface area contributed by atoms with Gasteiger partial charge in [-0.3, -0.25) is 0 Å². The zero-order valence-electron chi connectivity index (χ0n) is 10.4. The molecule has 0 heterocycles. The summed E-state index contributed by atoms with van der Waals surface area (Å²) in [5.74, 6) is 0.304. The summed E-state index contributed by atoms with van der Waals surface area (Å²) in [6.45, 7) is 5.72. The van der Waals surface area contributed by atoms with Crippen LogP contribution in [0.4, 0.5) is 4.79 Å². The Balaban J connectivity index is 2.66. The molecule has 3 unspecified atom stereocenters. The van der Waals surface area contributed by atoms with Gasteiger partial charge >= 0.3 is 6.09 Å². The van der Waals surface area contributed by atoms with Gasteiger partial charge in [0.25, 0.3) is 0 Å². The third-order valence-electron chi connectivity index (χ3n) is 3.88. The molecule has 0 aliphatic heterocycles. The van der Waals surface area contributed by atoms with Crippen molar-refractivity contribution in [3.8, 4) is 0 Å². The number of ether oxygens (including phenoxy) is 1.